The molecule has 0 aliphatic heterocycles. The van der Waals surface area contributed by atoms with Gasteiger partial charge in [0.1, 0.15) is 0 Å². The van der Waals surface area contributed by atoms with Gasteiger partial charge in [0.05, 0.1) is 6.61 Å². The number of carbonyl (C=O) groups is 1. The fourth-order valence-corrected chi connectivity index (χ4v) is 2.49. The van der Waals surface area contributed by atoms with Crippen molar-refractivity contribution in [1.82, 2.24) is 10.6 Å². The maximum absolute atomic E-state index is 12.1. The summed E-state index contributed by atoms with van der Waals surface area (Å²) in [6.45, 7) is 2.92. The molecule has 1 amide bonds. The average Bonchev–Trinajstić information content (AvgIpc) is 2.90. The minimum atomic E-state index is 0.0484. The Morgan fingerprint density at radius 2 is 2.16 bits per heavy atom. The SMILES string of the molecule is COCCNCCNC(=O)c1cccc2c1CCC2. The number of rotatable bonds is 7. The van der Waals surface area contributed by atoms with Crippen molar-refractivity contribution in [2.45, 2.75) is 19.3 Å². The lowest BCUT2D eigenvalue weighted by Gasteiger charge is -2.10. The van der Waals surface area contributed by atoms with Gasteiger partial charge in [-0.2, -0.15) is 0 Å². The fourth-order valence-electron chi connectivity index (χ4n) is 2.49. The third kappa shape index (κ3) is 3.78. The molecule has 4 nitrogen and oxygen atoms in total. The van der Waals surface area contributed by atoms with Crippen LogP contribution in [0.15, 0.2) is 18.2 Å². The molecule has 0 atom stereocenters. The molecule has 0 saturated heterocycles. The van der Waals surface area contributed by atoms with E-state index >= 15 is 0 Å². The van der Waals surface area contributed by atoms with Crippen LogP contribution in [-0.4, -0.2) is 39.3 Å². The van der Waals surface area contributed by atoms with Gasteiger partial charge < -0.3 is 15.4 Å². The van der Waals surface area contributed by atoms with Crippen LogP contribution in [0.25, 0.3) is 0 Å². The molecule has 0 heterocycles. The number of hydrogen-bond donors (Lipinski definition) is 2. The maximum Gasteiger partial charge on any atom is 0.251 e. The third-order valence-corrected chi connectivity index (χ3v) is 3.46. The summed E-state index contributed by atoms with van der Waals surface area (Å²) < 4.78 is 4.94. The van der Waals surface area contributed by atoms with E-state index in [4.69, 9.17) is 4.74 Å². The first-order valence-corrected chi connectivity index (χ1v) is 6.91. The third-order valence-electron chi connectivity index (χ3n) is 3.46. The maximum atomic E-state index is 12.1. The lowest BCUT2D eigenvalue weighted by molar-refractivity contribution is 0.0953. The molecule has 0 spiro atoms. The number of nitrogens with one attached hydrogen (secondary N) is 2. The van der Waals surface area contributed by atoms with E-state index in [2.05, 4.69) is 16.7 Å². The van der Waals surface area contributed by atoms with Crippen LogP contribution in [-0.2, 0) is 17.6 Å². The number of benzene rings is 1. The molecule has 19 heavy (non-hydrogen) atoms. The number of carbonyl (C=O) groups excluding carboxylic acids is 1. The van der Waals surface area contributed by atoms with Gasteiger partial charge >= 0.3 is 0 Å². The molecular weight excluding hydrogens is 240 g/mol. The van der Waals surface area contributed by atoms with Crippen LogP contribution in [0, 0.1) is 0 Å². The van der Waals surface area contributed by atoms with Gasteiger partial charge in [-0.3, -0.25) is 4.79 Å². The quantitative estimate of drug-likeness (QED) is 0.725. The summed E-state index contributed by atoms with van der Waals surface area (Å²) in [5.74, 6) is 0.0484. The predicted molar refractivity (Wildman–Crippen MR) is 75.5 cm³/mol. The Morgan fingerprint density at radius 1 is 1.26 bits per heavy atom. The van der Waals surface area contributed by atoms with Crippen molar-refractivity contribution in [3.8, 4) is 0 Å². The second-order valence-electron chi connectivity index (χ2n) is 4.80. The van der Waals surface area contributed by atoms with Gasteiger partial charge in [-0.1, -0.05) is 12.1 Å². The molecule has 1 aromatic rings. The smallest absolute Gasteiger partial charge is 0.251 e. The summed E-state index contributed by atoms with van der Waals surface area (Å²) in [5, 5.41) is 6.17. The van der Waals surface area contributed by atoms with Gasteiger partial charge in [0.2, 0.25) is 0 Å². The van der Waals surface area contributed by atoms with E-state index in [1.807, 2.05) is 12.1 Å². The molecule has 0 unspecified atom stereocenters. The van der Waals surface area contributed by atoms with Crippen LogP contribution in [0.5, 0.6) is 0 Å². The van der Waals surface area contributed by atoms with Gasteiger partial charge in [-0.25, -0.2) is 0 Å². The predicted octanol–water partition coefficient (Wildman–Crippen LogP) is 1.14. The highest BCUT2D eigenvalue weighted by atomic mass is 16.5. The number of hydrogen-bond acceptors (Lipinski definition) is 3. The molecule has 2 N–H and O–H groups in total. The first kappa shape index (κ1) is 14.0. The standard InChI is InChI=1S/C15H22N2O2/c1-19-11-10-16-8-9-17-15(18)14-7-3-5-12-4-2-6-13(12)14/h3,5,7,16H,2,4,6,8-11H2,1H3,(H,17,18). The van der Waals surface area contributed by atoms with Gasteiger partial charge in [0.25, 0.3) is 5.91 Å². The van der Waals surface area contributed by atoms with Crippen molar-refractivity contribution in [1.29, 1.82) is 0 Å². The molecule has 104 valence electrons. The zero-order valence-electron chi connectivity index (χ0n) is 11.5. The molecule has 0 aromatic heterocycles. The van der Waals surface area contributed by atoms with E-state index in [1.165, 1.54) is 11.1 Å². The summed E-state index contributed by atoms with van der Waals surface area (Å²) >= 11 is 0. The number of ether oxygens (including phenoxy) is 1. The molecule has 4 heteroatoms. The van der Waals surface area contributed by atoms with Crippen LogP contribution in [0.3, 0.4) is 0 Å². The van der Waals surface area contributed by atoms with E-state index in [0.29, 0.717) is 13.2 Å². The van der Waals surface area contributed by atoms with Crippen LogP contribution in [0.2, 0.25) is 0 Å². The van der Waals surface area contributed by atoms with Crippen LogP contribution < -0.4 is 10.6 Å². The number of methoxy groups -OCH3 is 1. The Kier molecular flexibility index (Phi) is 5.36. The van der Waals surface area contributed by atoms with Crippen molar-refractivity contribution in [3.05, 3.63) is 34.9 Å². The second kappa shape index (κ2) is 7.26. The van der Waals surface area contributed by atoms with Crippen molar-refractivity contribution in [3.63, 3.8) is 0 Å². The Hall–Kier alpha value is -1.39. The summed E-state index contributed by atoms with van der Waals surface area (Å²) in [6, 6.07) is 6.04. The van der Waals surface area contributed by atoms with Crippen LogP contribution >= 0.6 is 0 Å². The zero-order valence-corrected chi connectivity index (χ0v) is 11.5. The minimum Gasteiger partial charge on any atom is -0.383 e. The summed E-state index contributed by atoms with van der Waals surface area (Å²) in [5.41, 5.74) is 3.44. The fraction of sp³-hybridized carbons (Fsp3) is 0.533. The highest BCUT2D eigenvalue weighted by Crippen LogP contribution is 2.24. The Morgan fingerprint density at radius 3 is 3.00 bits per heavy atom. The van der Waals surface area contributed by atoms with Gasteiger partial charge in [-0.15, -0.1) is 0 Å². The molecule has 1 aliphatic rings. The average molecular weight is 262 g/mol. The first-order chi connectivity index (χ1) is 9.33. The largest absolute Gasteiger partial charge is 0.383 e. The molecule has 1 aromatic carbocycles. The lowest BCUT2D eigenvalue weighted by Crippen LogP contribution is -2.33. The number of fused-ring (bicyclic) bond motifs is 1. The van der Waals surface area contributed by atoms with E-state index in [-0.39, 0.29) is 5.91 Å². The molecule has 0 radical (unpaired) electrons. The van der Waals surface area contributed by atoms with E-state index in [1.54, 1.807) is 7.11 Å². The van der Waals surface area contributed by atoms with Crippen molar-refractivity contribution < 1.29 is 9.53 Å². The Bertz CT molecular complexity index is 432. The monoisotopic (exact) mass is 262 g/mol. The van der Waals surface area contributed by atoms with E-state index < -0.39 is 0 Å². The van der Waals surface area contributed by atoms with Crippen LogP contribution in [0.4, 0.5) is 0 Å². The molecule has 0 saturated carbocycles. The topological polar surface area (TPSA) is 50.4 Å². The van der Waals surface area contributed by atoms with Gasteiger partial charge in [-0.05, 0) is 36.5 Å². The van der Waals surface area contributed by atoms with Crippen molar-refractivity contribution >= 4 is 5.91 Å². The molecular formula is C15H22N2O2. The van der Waals surface area contributed by atoms with Crippen molar-refractivity contribution in [2.24, 2.45) is 0 Å². The molecule has 2 rings (SSSR count). The van der Waals surface area contributed by atoms with Crippen molar-refractivity contribution in [2.75, 3.05) is 33.4 Å². The Balaban J connectivity index is 1.79. The highest BCUT2D eigenvalue weighted by molar-refractivity contribution is 5.96. The second-order valence-corrected chi connectivity index (χ2v) is 4.80. The van der Waals surface area contributed by atoms with Gasteiger partial charge in [0, 0.05) is 32.3 Å². The van der Waals surface area contributed by atoms with Crippen LogP contribution in [0.1, 0.15) is 27.9 Å². The minimum absolute atomic E-state index is 0.0484. The van der Waals surface area contributed by atoms with Gasteiger partial charge in [0.15, 0.2) is 0 Å². The molecule has 1 aliphatic carbocycles. The van der Waals surface area contributed by atoms with E-state index in [0.717, 1.165) is 37.9 Å². The number of aryl methyl sites for hydroxylation is 1. The number of amides is 1. The van der Waals surface area contributed by atoms with E-state index in [9.17, 15) is 4.79 Å². The first-order valence-electron chi connectivity index (χ1n) is 6.91. The molecule has 0 fully saturated rings. The molecule has 0 bridgehead atoms. The normalized spacial score (nSPS) is 13.3. The summed E-state index contributed by atoms with van der Waals surface area (Å²) in [7, 11) is 1.68. The summed E-state index contributed by atoms with van der Waals surface area (Å²) in [6.07, 6.45) is 3.30. The zero-order chi connectivity index (χ0) is 13.5. The summed E-state index contributed by atoms with van der Waals surface area (Å²) in [4.78, 5) is 12.1. The lowest BCUT2D eigenvalue weighted by atomic mass is 10.0. The Labute approximate surface area is 114 Å². The highest BCUT2D eigenvalue weighted by Gasteiger charge is 2.18.